The van der Waals surface area contributed by atoms with Gasteiger partial charge in [-0.1, -0.05) is 12.1 Å². The number of nitrogens with zero attached hydrogens (tertiary/aromatic N) is 3. The molecule has 2 aromatic carbocycles. The molecule has 1 aliphatic rings. The standard InChI is InChI=1S/C26H26F2N6O4/c1-33(2)18-14-34(15-18)26(37)31-23-13-20(9-10-29-23)38-19-7-8-22(21(28)12-19)30-25(36)32-24(35)11-16-3-5-17(27)6-4-16/h3-10,12-13,18H,11,14-15H2,1-2H3,(H,29,31,37)(H2,30,32,35,36). The summed E-state index contributed by atoms with van der Waals surface area (Å²) in [6, 6.07) is 11.2. The van der Waals surface area contributed by atoms with Crippen molar-refractivity contribution in [1.29, 1.82) is 0 Å². The molecule has 1 saturated heterocycles. The highest BCUT2D eigenvalue weighted by atomic mass is 19.1. The van der Waals surface area contributed by atoms with Crippen LogP contribution in [-0.2, 0) is 11.2 Å². The van der Waals surface area contributed by atoms with E-state index in [1.54, 1.807) is 11.0 Å². The maximum absolute atomic E-state index is 14.6. The molecule has 0 radical (unpaired) electrons. The summed E-state index contributed by atoms with van der Waals surface area (Å²) in [7, 11) is 3.92. The predicted octanol–water partition coefficient (Wildman–Crippen LogP) is 3.82. The van der Waals surface area contributed by atoms with Crippen molar-refractivity contribution in [3.05, 3.63) is 78.0 Å². The molecular formula is C26H26F2N6O4. The number of likely N-dealkylation sites (N-methyl/N-ethyl adjacent to an activating group) is 1. The van der Waals surface area contributed by atoms with E-state index in [1.165, 1.54) is 48.7 Å². The molecule has 5 amide bonds. The Kier molecular flexibility index (Phi) is 8.12. The zero-order valence-electron chi connectivity index (χ0n) is 20.7. The number of nitrogens with one attached hydrogen (secondary N) is 3. The lowest BCUT2D eigenvalue weighted by molar-refractivity contribution is -0.119. The molecule has 3 N–H and O–H groups in total. The lowest BCUT2D eigenvalue weighted by atomic mass is 10.1. The average molecular weight is 525 g/mol. The third-order valence-electron chi connectivity index (χ3n) is 5.80. The van der Waals surface area contributed by atoms with Gasteiger partial charge in [0.1, 0.15) is 29.0 Å². The smallest absolute Gasteiger partial charge is 0.325 e. The maximum atomic E-state index is 14.6. The Morgan fingerprint density at radius 3 is 2.39 bits per heavy atom. The molecule has 38 heavy (non-hydrogen) atoms. The van der Waals surface area contributed by atoms with Gasteiger partial charge in [0.05, 0.1) is 12.1 Å². The van der Waals surface area contributed by atoms with Crippen molar-refractivity contribution in [2.45, 2.75) is 12.5 Å². The van der Waals surface area contributed by atoms with Gasteiger partial charge in [-0.2, -0.15) is 0 Å². The first kappa shape index (κ1) is 26.5. The Hall–Kier alpha value is -4.58. The number of carbonyl (C=O) groups is 3. The van der Waals surface area contributed by atoms with Crippen LogP contribution >= 0.6 is 0 Å². The van der Waals surface area contributed by atoms with Crippen molar-refractivity contribution < 1.29 is 27.9 Å². The van der Waals surface area contributed by atoms with Gasteiger partial charge in [0.2, 0.25) is 5.91 Å². The number of pyridine rings is 1. The van der Waals surface area contributed by atoms with Gasteiger partial charge in [-0.15, -0.1) is 0 Å². The number of imide groups is 1. The molecule has 4 rings (SSSR count). The van der Waals surface area contributed by atoms with Crippen LogP contribution in [0.4, 0.5) is 29.9 Å². The first-order valence-corrected chi connectivity index (χ1v) is 11.7. The number of anilines is 2. The number of amides is 5. The second kappa shape index (κ2) is 11.6. The van der Waals surface area contributed by atoms with E-state index in [9.17, 15) is 23.2 Å². The van der Waals surface area contributed by atoms with E-state index >= 15 is 0 Å². The lowest BCUT2D eigenvalue weighted by Crippen LogP contribution is -2.60. The number of hydrogen-bond acceptors (Lipinski definition) is 6. The summed E-state index contributed by atoms with van der Waals surface area (Å²) >= 11 is 0. The van der Waals surface area contributed by atoms with Gasteiger partial charge >= 0.3 is 12.1 Å². The minimum absolute atomic E-state index is 0.140. The summed E-state index contributed by atoms with van der Waals surface area (Å²) in [5.41, 5.74) is 0.347. The monoisotopic (exact) mass is 524 g/mol. The molecule has 1 fully saturated rings. The summed E-state index contributed by atoms with van der Waals surface area (Å²) in [4.78, 5) is 44.3. The van der Waals surface area contributed by atoms with Crippen LogP contribution < -0.4 is 20.7 Å². The number of benzene rings is 2. The second-order valence-corrected chi connectivity index (χ2v) is 8.88. The molecule has 198 valence electrons. The van der Waals surface area contributed by atoms with Gasteiger partial charge in [0, 0.05) is 37.5 Å². The first-order valence-electron chi connectivity index (χ1n) is 11.7. The van der Waals surface area contributed by atoms with Crippen LogP contribution in [0, 0.1) is 11.6 Å². The van der Waals surface area contributed by atoms with Crippen molar-refractivity contribution in [3.8, 4) is 11.5 Å². The fraction of sp³-hybridized carbons (Fsp3) is 0.231. The molecule has 0 unspecified atom stereocenters. The van der Waals surface area contributed by atoms with E-state index in [-0.39, 0.29) is 29.7 Å². The molecule has 12 heteroatoms. The van der Waals surface area contributed by atoms with Crippen LogP contribution in [0.2, 0.25) is 0 Å². The van der Waals surface area contributed by atoms with E-state index in [1.807, 2.05) is 14.1 Å². The van der Waals surface area contributed by atoms with Gasteiger partial charge in [-0.3, -0.25) is 15.4 Å². The average Bonchev–Trinajstić information content (AvgIpc) is 2.81. The number of hydrogen-bond donors (Lipinski definition) is 3. The highest BCUT2D eigenvalue weighted by molar-refractivity contribution is 6.01. The van der Waals surface area contributed by atoms with Crippen LogP contribution in [0.1, 0.15) is 5.56 Å². The summed E-state index contributed by atoms with van der Waals surface area (Å²) in [6.45, 7) is 1.24. The SMILES string of the molecule is CN(C)C1CN(C(=O)Nc2cc(Oc3ccc(NC(=O)NC(=O)Cc4ccc(F)cc4)c(F)c3)ccn2)C1. The van der Waals surface area contributed by atoms with Gasteiger partial charge in [-0.05, 0) is 50.0 Å². The predicted molar refractivity (Wildman–Crippen MR) is 136 cm³/mol. The molecule has 1 aliphatic heterocycles. The fourth-order valence-corrected chi connectivity index (χ4v) is 3.59. The molecule has 0 spiro atoms. The topological polar surface area (TPSA) is 116 Å². The van der Waals surface area contributed by atoms with Crippen molar-refractivity contribution in [2.75, 3.05) is 37.8 Å². The quantitative estimate of drug-likeness (QED) is 0.433. The number of urea groups is 2. The summed E-state index contributed by atoms with van der Waals surface area (Å²) in [5.74, 6) is -1.13. The summed E-state index contributed by atoms with van der Waals surface area (Å²) in [6.07, 6.45) is 1.30. The van der Waals surface area contributed by atoms with Crippen molar-refractivity contribution >= 4 is 29.5 Å². The fourth-order valence-electron chi connectivity index (χ4n) is 3.59. The largest absolute Gasteiger partial charge is 0.457 e. The van der Waals surface area contributed by atoms with E-state index in [2.05, 4.69) is 25.8 Å². The molecule has 0 atom stereocenters. The highest BCUT2D eigenvalue weighted by Gasteiger charge is 2.32. The molecule has 0 aliphatic carbocycles. The van der Waals surface area contributed by atoms with E-state index in [4.69, 9.17) is 4.74 Å². The van der Waals surface area contributed by atoms with Crippen LogP contribution in [-0.4, -0.2) is 66.0 Å². The van der Waals surface area contributed by atoms with Crippen molar-refractivity contribution in [2.24, 2.45) is 0 Å². The van der Waals surface area contributed by atoms with Crippen molar-refractivity contribution in [3.63, 3.8) is 0 Å². The second-order valence-electron chi connectivity index (χ2n) is 8.88. The Bertz CT molecular complexity index is 1330. The Labute approximate surface area is 217 Å². The maximum Gasteiger partial charge on any atom is 0.325 e. The van der Waals surface area contributed by atoms with Gasteiger partial charge < -0.3 is 19.9 Å². The van der Waals surface area contributed by atoms with Crippen LogP contribution in [0.5, 0.6) is 11.5 Å². The zero-order valence-corrected chi connectivity index (χ0v) is 20.7. The molecule has 10 nitrogen and oxygen atoms in total. The highest BCUT2D eigenvalue weighted by Crippen LogP contribution is 2.27. The molecule has 2 heterocycles. The molecule has 1 aromatic heterocycles. The third kappa shape index (κ3) is 7.01. The minimum atomic E-state index is -0.918. The van der Waals surface area contributed by atoms with E-state index in [0.717, 1.165) is 6.07 Å². The van der Waals surface area contributed by atoms with Gasteiger partial charge in [0.15, 0.2) is 0 Å². The van der Waals surface area contributed by atoms with Crippen LogP contribution in [0.15, 0.2) is 60.8 Å². The molecule has 3 aromatic rings. The normalized spacial score (nSPS) is 13.0. The number of likely N-dealkylation sites (tertiary alicyclic amines) is 1. The molecular weight excluding hydrogens is 498 g/mol. The number of rotatable bonds is 7. The number of carbonyl (C=O) groups excluding carboxylic acids is 3. The van der Waals surface area contributed by atoms with E-state index in [0.29, 0.717) is 30.4 Å². The number of halogens is 2. The Morgan fingerprint density at radius 2 is 1.71 bits per heavy atom. The van der Waals surface area contributed by atoms with Gasteiger partial charge in [-0.25, -0.2) is 23.4 Å². The van der Waals surface area contributed by atoms with Gasteiger partial charge in [0.25, 0.3) is 0 Å². The summed E-state index contributed by atoms with van der Waals surface area (Å²) in [5, 5.41) is 7.06. The lowest BCUT2D eigenvalue weighted by Gasteiger charge is -2.42. The number of ether oxygens (including phenoxy) is 1. The number of aromatic nitrogens is 1. The molecule has 0 bridgehead atoms. The third-order valence-corrected chi connectivity index (χ3v) is 5.80. The first-order chi connectivity index (χ1) is 18.2. The van der Waals surface area contributed by atoms with Crippen LogP contribution in [0.3, 0.4) is 0 Å². The molecule has 0 saturated carbocycles. The van der Waals surface area contributed by atoms with Crippen LogP contribution in [0.25, 0.3) is 0 Å². The Morgan fingerprint density at radius 1 is 1.00 bits per heavy atom. The van der Waals surface area contributed by atoms with E-state index < -0.39 is 23.6 Å². The Balaban J connectivity index is 1.29. The van der Waals surface area contributed by atoms with Crippen molar-refractivity contribution in [1.82, 2.24) is 20.1 Å². The summed E-state index contributed by atoms with van der Waals surface area (Å²) < 4.78 is 33.2. The minimum Gasteiger partial charge on any atom is -0.457 e. The zero-order chi connectivity index (χ0) is 27.2.